The number of nitrogens with zero attached hydrogens (tertiary/aromatic N) is 1. The van der Waals surface area contributed by atoms with Crippen LogP contribution in [0.25, 0.3) is 0 Å². The van der Waals surface area contributed by atoms with Gasteiger partial charge in [0.05, 0.1) is 0 Å². The molecular formula is C14H23FN2. The molecule has 2 N–H and O–H groups in total. The van der Waals surface area contributed by atoms with E-state index in [0.717, 1.165) is 12.1 Å². The Kier molecular flexibility index (Phi) is 5.09. The van der Waals surface area contributed by atoms with Crippen LogP contribution in [-0.2, 0) is 0 Å². The third-order valence-electron chi connectivity index (χ3n) is 2.92. The minimum atomic E-state index is -0.165. The average Bonchev–Trinajstić information content (AvgIpc) is 2.23. The van der Waals surface area contributed by atoms with E-state index in [-0.39, 0.29) is 11.9 Å². The van der Waals surface area contributed by atoms with Crippen LogP contribution in [0.3, 0.4) is 0 Å². The van der Waals surface area contributed by atoms with Crippen molar-refractivity contribution in [2.45, 2.75) is 26.8 Å². The smallest absolute Gasteiger partial charge is 0.128 e. The van der Waals surface area contributed by atoms with Gasteiger partial charge in [0.15, 0.2) is 0 Å². The Morgan fingerprint density at radius 2 is 2.00 bits per heavy atom. The molecule has 0 amide bonds. The first-order valence-electron chi connectivity index (χ1n) is 6.12. The molecule has 0 fully saturated rings. The second-order valence-corrected chi connectivity index (χ2v) is 5.11. The molecule has 96 valence electrons. The van der Waals surface area contributed by atoms with Gasteiger partial charge < -0.3 is 5.73 Å². The SMILES string of the molecule is Cc1ccc(F)c(C(CN)N(C)CC(C)C)c1. The molecule has 17 heavy (non-hydrogen) atoms. The van der Waals surface area contributed by atoms with Crippen LogP contribution < -0.4 is 5.73 Å². The lowest BCUT2D eigenvalue weighted by Crippen LogP contribution is -2.33. The first-order valence-corrected chi connectivity index (χ1v) is 6.12. The summed E-state index contributed by atoms with van der Waals surface area (Å²) in [6.07, 6.45) is 0. The van der Waals surface area contributed by atoms with Gasteiger partial charge >= 0.3 is 0 Å². The maximum absolute atomic E-state index is 13.8. The molecule has 1 aromatic carbocycles. The van der Waals surface area contributed by atoms with Crippen LogP contribution in [0.2, 0.25) is 0 Å². The Bertz CT molecular complexity index is 363. The van der Waals surface area contributed by atoms with Crippen molar-refractivity contribution in [2.24, 2.45) is 11.7 Å². The molecule has 0 aliphatic heterocycles. The van der Waals surface area contributed by atoms with Crippen molar-refractivity contribution < 1.29 is 4.39 Å². The molecule has 2 nitrogen and oxygen atoms in total. The number of benzene rings is 1. The molecule has 0 aliphatic carbocycles. The average molecular weight is 238 g/mol. The summed E-state index contributed by atoms with van der Waals surface area (Å²) < 4.78 is 13.8. The van der Waals surface area contributed by atoms with Gasteiger partial charge in [-0.15, -0.1) is 0 Å². The van der Waals surface area contributed by atoms with Crippen molar-refractivity contribution in [3.8, 4) is 0 Å². The third-order valence-corrected chi connectivity index (χ3v) is 2.92. The standard InChI is InChI=1S/C14H23FN2/c1-10(2)9-17(4)14(8-16)12-7-11(3)5-6-13(12)15/h5-7,10,14H,8-9,16H2,1-4H3. The molecule has 0 aliphatic rings. The summed E-state index contributed by atoms with van der Waals surface area (Å²) in [7, 11) is 2.00. The lowest BCUT2D eigenvalue weighted by molar-refractivity contribution is 0.219. The van der Waals surface area contributed by atoms with Gasteiger partial charge in [-0.2, -0.15) is 0 Å². The topological polar surface area (TPSA) is 29.3 Å². The van der Waals surface area contributed by atoms with Crippen LogP contribution >= 0.6 is 0 Å². The lowest BCUT2D eigenvalue weighted by atomic mass is 10.0. The van der Waals surface area contributed by atoms with Crippen LogP contribution in [-0.4, -0.2) is 25.0 Å². The summed E-state index contributed by atoms with van der Waals surface area (Å²) in [5.41, 5.74) is 7.56. The molecule has 0 aromatic heterocycles. The van der Waals surface area contributed by atoms with E-state index < -0.39 is 0 Å². The number of nitrogens with two attached hydrogens (primary N) is 1. The van der Waals surface area contributed by atoms with Crippen molar-refractivity contribution in [1.82, 2.24) is 4.90 Å². The summed E-state index contributed by atoms with van der Waals surface area (Å²) in [6, 6.07) is 5.16. The Labute approximate surface area is 104 Å². The molecule has 0 heterocycles. The summed E-state index contributed by atoms with van der Waals surface area (Å²) in [6.45, 7) is 7.62. The van der Waals surface area contributed by atoms with Gasteiger partial charge in [0.1, 0.15) is 5.82 Å². The maximum atomic E-state index is 13.8. The van der Waals surface area contributed by atoms with Crippen molar-refractivity contribution in [1.29, 1.82) is 0 Å². The normalized spacial score (nSPS) is 13.4. The highest BCUT2D eigenvalue weighted by molar-refractivity contribution is 5.27. The first kappa shape index (κ1) is 14.1. The highest BCUT2D eigenvalue weighted by Gasteiger charge is 2.19. The zero-order valence-electron chi connectivity index (χ0n) is 11.2. The minimum Gasteiger partial charge on any atom is -0.329 e. The molecule has 3 heteroatoms. The Hall–Kier alpha value is -0.930. The fraction of sp³-hybridized carbons (Fsp3) is 0.571. The summed E-state index contributed by atoms with van der Waals surface area (Å²) in [5, 5.41) is 0. The van der Waals surface area contributed by atoms with Crippen molar-refractivity contribution in [2.75, 3.05) is 20.1 Å². The number of aryl methyl sites for hydroxylation is 1. The highest BCUT2D eigenvalue weighted by Crippen LogP contribution is 2.23. The maximum Gasteiger partial charge on any atom is 0.128 e. The Morgan fingerprint density at radius 1 is 1.35 bits per heavy atom. The predicted molar refractivity (Wildman–Crippen MR) is 70.4 cm³/mol. The fourth-order valence-electron chi connectivity index (χ4n) is 2.17. The second kappa shape index (κ2) is 6.12. The minimum absolute atomic E-state index is 0.0442. The van der Waals surface area contributed by atoms with Crippen LogP contribution in [0.5, 0.6) is 0 Å². The Balaban J connectivity index is 2.96. The van der Waals surface area contributed by atoms with E-state index >= 15 is 0 Å². The van der Waals surface area contributed by atoms with Gasteiger partial charge in [-0.3, -0.25) is 4.90 Å². The van der Waals surface area contributed by atoms with Crippen molar-refractivity contribution in [3.05, 3.63) is 35.1 Å². The van der Waals surface area contributed by atoms with Crippen LogP contribution in [0, 0.1) is 18.7 Å². The quantitative estimate of drug-likeness (QED) is 0.854. The summed E-state index contributed by atoms with van der Waals surface area (Å²) >= 11 is 0. The van der Waals surface area contributed by atoms with E-state index in [2.05, 4.69) is 18.7 Å². The van der Waals surface area contributed by atoms with E-state index in [1.54, 1.807) is 6.07 Å². The third kappa shape index (κ3) is 3.79. The van der Waals surface area contributed by atoms with E-state index in [1.807, 2.05) is 20.0 Å². The molecule has 0 radical (unpaired) electrons. The number of hydrogen-bond acceptors (Lipinski definition) is 2. The summed E-state index contributed by atoms with van der Waals surface area (Å²) in [4.78, 5) is 2.13. The van der Waals surface area contributed by atoms with Crippen LogP contribution in [0.15, 0.2) is 18.2 Å². The largest absolute Gasteiger partial charge is 0.329 e. The van der Waals surface area contributed by atoms with Crippen LogP contribution in [0.1, 0.15) is 31.0 Å². The van der Waals surface area contributed by atoms with Crippen LogP contribution in [0.4, 0.5) is 4.39 Å². The molecule has 1 unspecified atom stereocenters. The first-order chi connectivity index (χ1) is 7.95. The monoisotopic (exact) mass is 238 g/mol. The molecule has 0 saturated heterocycles. The van der Waals surface area contributed by atoms with E-state index in [1.165, 1.54) is 6.07 Å². The summed E-state index contributed by atoms with van der Waals surface area (Å²) in [5.74, 6) is 0.378. The molecule has 1 atom stereocenters. The molecule has 1 rings (SSSR count). The Morgan fingerprint density at radius 3 is 2.53 bits per heavy atom. The van der Waals surface area contributed by atoms with E-state index in [0.29, 0.717) is 18.0 Å². The highest BCUT2D eigenvalue weighted by atomic mass is 19.1. The van der Waals surface area contributed by atoms with Crippen molar-refractivity contribution >= 4 is 0 Å². The number of halogens is 1. The molecule has 0 spiro atoms. The predicted octanol–water partition coefficient (Wildman–Crippen LogP) is 2.72. The van der Waals surface area contributed by atoms with Gasteiger partial charge in [-0.25, -0.2) is 4.39 Å². The molecular weight excluding hydrogens is 215 g/mol. The second-order valence-electron chi connectivity index (χ2n) is 5.11. The number of likely N-dealkylation sites (N-methyl/N-ethyl adjacent to an activating group) is 1. The van der Waals surface area contributed by atoms with Gasteiger partial charge in [-0.05, 0) is 26.0 Å². The van der Waals surface area contributed by atoms with Gasteiger partial charge in [0, 0.05) is 24.7 Å². The zero-order chi connectivity index (χ0) is 13.0. The van der Waals surface area contributed by atoms with E-state index in [9.17, 15) is 4.39 Å². The number of hydrogen-bond donors (Lipinski definition) is 1. The number of rotatable bonds is 5. The molecule has 0 saturated carbocycles. The zero-order valence-corrected chi connectivity index (χ0v) is 11.2. The molecule has 1 aromatic rings. The fourth-order valence-corrected chi connectivity index (χ4v) is 2.17. The lowest BCUT2D eigenvalue weighted by Gasteiger charge is -2.29. The van der Waals surface area contributed by atoms with Gasteiger partial charge in [-0.1, -0.05) is 31.5 Å². The molecule has 0 bridgehead atoms. The van der Waals surface area contributed by atoms with Gasteiger partial charge in [0.2, 0.25) is 0 Å². The van der Waals surface area contributed by atoms with Crippen molar-refractivity contribution in [3.63, 3.8) is 0 Å². The van der Waals surface area contributed by atoms with E-state index in [4.69, 9.17) is 5.73 Å². The van der Waals surface area contributed by atoms with Gasteiger partial charge in [0.25, 0.3) is 0 Å².